The van der Waals surface area contributed by atoms with E-state index in [0.29, 0.717) is 6.61 Å². The van der Waals surface area contributed by atoms with Gasteiger partial charge in [-0.3, -0.25) is 0 Å². The van der Waals surface area contributed by atoms with Crippen molar-refractivity contribution in [1.29, 1.82) is 0 Å². The molecule has 62 valence electrons. The fourth-order valence-electron chi connectivity index (χ4n) is 0.435. The Balaban J connectivity index is 3.03. The molecular formula is C6H14ClNO2. The van der Waals surface area contributed by atoms with Crippen molar-refractivity contribution in [3.8, 4) is 0 Å². The quantitative estimate of drug-likeness (QED) is 0.565. The lowest BCUT2D eigenvalue weighted by molar-refractivity contribution is 0.0435. The van der Waals surface area contributed by atoms with E-state index >= 15 is 0 Å². The number of aliphatic hydroxyl groups is 1. The van der Waals surface area contributed by atoms with Gasteiger partial charge in [-0.2, -0.15) is 0 Å². The summed E-state index contributed by atoms with van der Waals surface area (Å²) in [6.45, 7) is 2.58. The van der Waals surface area contributed by atoms with Crippen LogP contribution in [0, 0.1) is 0 Å². The van der Waals surface area contributed by atoms with E-state index in [0.717, 1.165) is 0 Å². The molecule has 2 atom stereocenters. The maximum atomic E-state index is 8.87. The molecule has 0 bridgehead atoms. The van der Waals surface area contributed by atoms with Crippen molar-refractivity contribution >= 4 is 11.6 Å². The predicted octanol–water partition coefficient (Wildman–Crippen LogP) is -0.0501. The zero-order valence-corrected chi connectivity index (χ0v) is 6.84. The van der Waals surface area contributed by atoms with Crippen LogP contribution in [0.3, 0.4) is 0 Å². The minimum Gasteiger partial charge on any atom is -0.389 e. The smallest absolute Gasteiger partial charge is 0.0908 e. The average Bonchev–Trinajstić information content (AvgIpc) is 1.87. The van der Waals surface area contributed by atoms with E-state index in [1.165, 1.54) is 0 Å². The van der Waals surface area contributed by atoms with Gasteiger partial charge in [-0.1, -0.05) is 0 Å². The van der Waals surface area contributed by atoms with Crippen LogP contribution < -0.4 is 5.73 Å². The lowest BCUT2D eigenvalue weighted by Crippen LogP contribution is -2.25. The molecule has 3 nitrogen and oxygen atoms in total. The van der Waals surface area contributed by atoms with Gasteiger partial charge in [0.25, 0.3) is 0 Å². The van der Waals surface area contributed by atoms with Crippen molar-refractivity contribution in [3.63, 3.8) is 0 Å². The van der Waals surface area contributed by atoms with E-state index in [1.807, 2.05) is 6.92 Å². The Kier molecular flexibility index (Phi) is 6.02. The molecule has 0 amide bonds. The van der Waals surface area contributed by atoms with Gasteiger partial charge in [-0.15, -0.1) is 11.6 Å². The lowest BCUT2D eigenvalue weighted by atomic mass is 10.4. The van der Waals surface area contributed by atoms with Crippen LogP contribution in [0.15, 0.2) is 0 Å². The molecule has 0 heterocycles. The first kappa shape index (κ1) is 10.2. The maximum Gasteiger partial charge on any atom is 0.0908 e. The van der Waals surface area contributed by atoms with Gasteiger partial charge in [-0.05, 0) is 6.92 Å². The van der Waals surface area contributed by atoms with E-state index in [1.54, 1.807) is 0 Å². The summed E-state index contributed by atoms with van der Waals surface area (Å²) in [5.41, 5.74) is 5.38. The third-order valence-corrected chi connectivity index (χ3v) is 1.23. The van der Waals surface area contributed by atoms with Crippen LogP contribution in [0.2, 0.25) is 0 Å². The van der Waals surface area contributed by atoms with Crippen LogP contribution in [-0.4, -0.2) is 36.3 Å². The average molecular weight is 168 g/mol. The largest absolute Gasteiger partial charge is 0.389 e. The summed E-state index contributed by atoms with van der Waals surface area (Å²) in [7, 11) is 0. The number of ether oxygens (including phenoxy) is 1. The Bertz CT molecular complexity index is 80.1. The van der Waals surface area contributed by atoms with Crippen LogP contribution in [0.1, 0.15) is 6.92 Å². The van der Waals surface area contributed by atoms with Gasteiger partial charge in [0.2, 0.25) is 0 Å². The molecule has 0 saturated carbocycles. The number of alkyl halides is 1. The Labute approximate surface area is 66.1 Å². The second-order valence-corrected chi connectivity index (χ2v) is 2.63. The minimum absolute atomic E-state index is 0.0162. The molecule has 0 spiro atoms. The van der Waals surface area contributed by atoms with E-state index in [-0.39, 0.29) is 18.5 Å². The molecular weight excluding hydrogens is 154 g/mol. The van der Waals surface area contributed by atoms with Crippen molar-refractivity contribution in [3.05, 3.63) is 0 Å². The van der Waals surface area contributed by atoms with Crippen LogP contribution in [0.4, 0.5) is 0 Å². The van der Waals surface area contributed by atoms with Gasteiger partial charge in [0.05, 0.1) is 25.2 Å². The van der Waals surface area contributed by atoms with Gasteiger partial charge in [0, 0.05) is 6.04 Å². The number of halogens is 1. The second-order valence-electron chi connectivity index (χ2n) is 2.32. The SMILES string of the molecule is CC(N)COCC(O)CCl. The zero-order chi connectivity index (χ0) is 7.98. The second kappa shape index (κ2) is 5.92. The van der Waals surface area contributed by atoms with Crippen molar-refractivity contribution in [2.75, 3.05) is 19.1 Å². The molecule has 0 saturated heterocycles. The summed E-state index contributed by atoms with van der Waals surface area (Å²) >= 11 is 5.31. The number of hydrogen-bond acceptors (Lipinski definition) is 3. The number of nitrogens with two attached hydrogens (primary N) is 1. The highest BCUT2D eigenvalue weighted by molar-refractivity contribution is 6.18. The summed E-state index contributed by atoms with van der Waals surface area (Å²) in [4.78, 5) is 0. The number of hydrogen-bond donors (Lipinski definition) is 2. The molecule has 0 aliphatic carbocycles. The van der Waals surface area contributed by atoms with E-state index < -0.39 is 6.10 Å². The van der Waals surface area contributed by atoms with Crippen molar-refractivity contribution in [2.45, 2.75) is 19.1 Å². The number of aliphatic hydroxyl groups excluding tert-OH is 1. The fraction of sp³-hybridized carbons (Fsp3) is 1.00. The van der Waals surface area contributed by atoms with Gasteiger partial charge in [0.15, 0.2) is 0 Å². The summed E-state index contributed by atoms with van der Waals surface area (Å²) in [6, 6.07) is 0.0162. The summed E-state index contributed by atoms with van der Waals surface area (Å²) < 4.78 is 4.99. The van der Waals surface area contributed by atoms with E-state index in [2.05, 4.69) is 0 Å². The Morgan fingerprint density at radius 3 is 2.60 bits per heavy atom. The molecule has 0 aliphatic rings. The number of rotatable bonds is 5. The topological polar surface area (TPSA) is 55.5 Å². The first-order valence-electron chi connectivity index (χ1n) is 3.24. The fourth-order valence-corrected chi connectivity index (χ4v) is 0.524. The van der Waals surface area contributed by atoms with Gasteiger partial charge in [0.1, 0.15) is 0 Å². The first-order chi connectivity index (χ1) is 4.66. The molecule has 0 aromatic carbocycles. The monoisotopic (exact) mass is 167 g/mol. The Morgan fingerprint density at radius 1 is 1.60 bits per heavy atom. The Hall–Kier alpha value is 0.170. The van der Waals surface area contributed by atoms with Crippen LogP contribution in [0.5, 0.6) is 0 Å². The first-order valence-corrected chi connectivity index (χ1v) is 3.77. The Morgan fingerprint density at radius 2 is 2.20 bits per heavy atom. The van der Waals surface area contributed by atoms with Gasteiger partial charge >= 0.3 is 0 Å². The summed E-state index contributed by atoms with van der Waals surface area (Å²) in [6.07, 6.45) is -0.569. The maximum absolute atomic E-state index is 8.87. The van der Waals surface area contributed by atoms with Crippen molar-refractivity contribution < 1.29 is 9.84 Å². The van der Waals surface area contributed by atoms with Crippen LogP contribution in [-0.2, 0) is 4.74 Å². The highest BCUT2D eigenvalue weighted by Gasteiger charge is 2.01. The van der Waals surface area contributed by atoms with E-state index in [4.69, 9.17) is 27.2 Å². The molecule has 3 N–H and O–H groups in total. The molecule has 10 heavy (non-hydrogen) atoms. The molecule has 0 aromatic rings. The van der Waals surface area contributed by atoms with Crippen LogP contribution in [0.25, 0.3) is 0 Å². The summed E-state index contributed by atoms with van der Waals surface area (Å²) in [5.74, 6) is 0.207. The van der Waals surface area contributed by atoms with Gasteiger partial charge < -0.3 is 15.6 Å². The summed E-state index contributed by atoms with van der Waals surface area (Å²) in [5, 5.41) is 8.87. The standard InChI is InChI=1S/C6H14ClNO2/c1-5(8)3-10-4-6(9)2-7/h5-6,9H,2-4,8H2,1H3. The molecule has 4 heteroatoms. The molecule has 0 aromatic heterocycles. The van der Waals surface area contributed by atoms with Gasteiger partial charge in [-0.25, -0.2) is 0 Å². The molecule has 0 fully saturated rings. The highest BCUT2D eigenvalue weighted by Crippen LogP contribution is 1.89. The zero-order valence-electron chi connectivity index (χ0n) is 6.09. The lowest BCUT2D eigenvalue weighted by Gasteiger charge is -2.09. The molecule has 0 rings (SSSR count). The molecule has 0 radical (unpaired) electrons. The normalized spacial score (nSPS) is 16.8. The molecule has 2 unspecified atom stereocenters. The van der Waals surface area contributed by atoms with E-state index in [9.17, 15) is 0 Å². The molecule has 0 aliphatic heterocycles. The highest BCUT2D eigenvalue weighted by atomic mass is 35.5. The van der Waals surface area contributed by atoms with Crippen LogP contribution >= 0.6 is 11.6 Å². The predicted molar refractivity (Wildman–Crippen MR) is 41.2 cm³/mol. The third-order valence-electron chi connectivity index (χ3n) is 0.869. The third kappa shape index (κ3) is 6.29. The van der Waals surface area contributed by atoms with Crippen molar-refractivity contribution in [2.24, 2.45) is 5.73 Å². The minimum atomic E-state index is -0.569. The van der Waals surface area contributed by atoms with Crippen molar-refractivity contribution in [1.82, 2.24) is 0 Å².